The van der Waals surface area contributed by atoms with Crippen LogP contribution < -0.4 is 5.32 Å². The zero-order valence-corrected chi connectivity index (χ0v) is 8.87. The molecule has 4 nitrogen and oxygen atoms in total. The summed E-state index contributed by atoms with van der Waals surface area (Å²) in [5, 5.41) is 2.79. The van der Waals surface area contributed by atoms with E-state index in [4.69, 9.17) is 9.47 Å². The maximum absolute atomic E-state index is 11.0. The molecule has 1 N–H and O–H groups in total. The number of fused-ring (bicyclic) bond motifs is 1. The van der Waals surface area contributed by atoms with Gasteiger partial charge in [-0.25, -0.2) is 0 Å². The van der Waals surface area contributed by atoms with E-state index in [1.54, 1.807) is 0 Å². The molecule has 80 valence electrons. The molecule has 4 heteroatoms. The van der Waals surface area contributed by atoms with Crippen LogP contribution in [0.25, 0.3) is 0 Å². The number of rotatable bonds is 0. The summed E-state index contributed by atoms with van der Waals surface area (Å²) in [7, 11) is 0. The maximum Gasteiger partial charge on any atom is 0.248 e. The predicted molar refractivity (Wildman–Crippen MR) is 50.6 cm³/mol. The molecule has 0 spiro atoms. The van der Waals surface area contributed by atoms with E-state index in [2.05, 4.69) is 26.1 Å². The van der Waals surface area contributed by atoms with Gasteiger partial charge >= 0.3 is 0 Å². The van der Waals surface area contributed by atoms with Gasteiger partial charge in [-0.2, -0.15) is 0 Å². The van der Waals surface area contributed by atoms with Crippen molar-refractivity contribution in [1.29, 1.82) is 0 Å². The normalized spacial score (nSPS) is 37.9. The van der Waals surface area contributed by atoms with Crippen LogP contribution in [-0.4, -0.2) is 31.5 Å². The van der Waals surface area contributed by atoms with Gasteiger partial charge in [0.25, 0.3) is 0 Å². The molecule has 3 atom stereocenters. The second kappa shape index (κ2) is 3.21. The molecular weight excluding hydrogens is 182 g/mol. The average molecular weight is 199 g/mol. The van der Waals surface area contributed by atoms with E-state index >= 15 is 0 Å². The van der Waals surface area contributed by atoms with Crippen LogP contribution in [0.1, 0.15) is 20.8 Å². The summed E-state index contributed by atoms with van der Waals surface area (Å²) < 4.78 is 11.0. The smallest absolute Gasteiger partial charge is 0.248 e. The SMILES string of the molecule is CC(C)(C)C1COC2NC(=O)COC21. The Balaban J connectivity index is 2.09. The Bertz CT molecular complexity index is 246. The summed E-state index contributed by atoms with van der Waals surface area (Å²) >= 11 is 0. The number of carbonyl (C=O) groups excluding carboxylic acids is 1. The molecule has 14 heavy (non-hydrogen) atoms. The van der Waals surface area contributed by atoms with Crippen LogP contribution in [0, 0.1) is 11.3 Å². The molecule has 1 amide bonds. The lowest BCUT2D eigenvalue weighted by Gasteiger charge is -2.34. The van der Waals surface area contributed by atoms with Crippen molar-refractivity contribution >= 4 is 5.91 Å². The quantitative estimate of drug-likeness (QED) is 0.618. The average Bonchev–Trinajstić information content (AvgIpc) is 2.45. The summed E-state index contributed by atoms with van der Waals surface area (Å²) in [6.07, 6.45) is -0.215. The van der Waals surface area contributed by atoms with Crippen LogP contribution in [-0.2, 0) is 14.3 Å². The highest BCUT2D eigenvalue weighted by Gasteiger charge is 2.46. The van der Waals surface area contributed by atoms with Gasteiger partial charge in [0.05, 0.1) is 6.61 Å². The summed E-state index contributed by atoms with van der Waals surface area (Å²) in [6, 6.07) is 0. The summed E-state index contributed by atoms with van der Waals surface area (Å²) in [5.41, 5.74) is 0.154. The molecule has 2 rings (SSSR count). The number of amides is 1. The first kappa shape index (κ1) is 9.93. The molecule has 0 aromatic carbocycles. The van der Waals surface area contributed by atoms with Gasteiger partial charge in [-0.05, 0) is 5.41 Å². The zero-order chi connectivity index (χ0) is 10.3. The lowest BCUT2D eigenvalue weighted by atomic mass is 9.78. The molecule has 3 unspecified atom stereocenters. The summed E-state index contributed by atoms with van der Waals surface area (Å²) in [6.45, 7) is 7.34. The molecule has 2 saturated heterocycles. The Labute approximate surface area is 84.0 Å². The molecule has 0 aromatic rings. The molecular formula is C10H17NO3. The first-order valence-electron chi connectivity index (χ1n) is 5.01. The molecule has 2 aliphatic rings. The van der Waals surface area contributed by atoms with E-state index in [9.17, 15) is 4.79 Å². The second-order valence-corrected chi connectivity index (χ2v) is 5.07. The number of nitrogens with one attached hydrogen (secondary N) is 1. The van der Waals surface area contributed by atoms with Crippen LogP contribution in [0.15, 0.2) is 0 Å². The predicted octanol–water partition coefficient (Wildman–Crippen LogP) is 0.520. The van der Waals surface area contributed by atoms with E-state index in [1.807, 2.05) is 0 Å². The summed E-state index contributed by atoms with van der Waals surface area (Å²) in [4.78, 5) is 11.0. The van der Waals surface area contributed by atoms with Gasteiger partial charge in [0.1, 0.15) is 12.7 Å². The highest BCUT2D eigenvalue weighted by Crippen LogP contribution is 2.37. The number of hydrogen-bond donors (Lipinski definition) is 1. The Morgan fingerprint density at radius 1 is 1.36 bits per heavy atom. The Kier molecular flexibility index (Phi) is 2.27. The lowest BCUT2D eigenvalue weighted by Crippen LogP contribution is -2.52. The van der Waals surface area contributed by atoms with Gasteiger partial charge in [-0.15, -0.1) is 0 Å². The number of hydrogen-bond acceptors (Lipinski definition) is 3. The van der Waals surface area contributed by atoms with Crippen molar-refractivity contribution < 1.29 is 14.3 Å². The van der Waals surface area contributed by atoms with Gasteiger partial charge < -0.3 is 14.8 Å². The minimum Gasteiger partial charge on any atom is -0.363 e. The van der Waals surface area contributed by atoms with Gasteiger partial charge in [-0.1, -0.05) is 20.8 Å². The van der Waals surface area contributed by atoms with Gasteiger partial charge in [0.2, 0.25) is 5.91 Å². The van der Waals surface area contributed by atoms with E-state index in [0.717, 1.165) is 0 Å². The Morgan fingerprint density at radius 2 is 2.07 bits per heavy atom. The molecule has 2 aliphatic heterocycles. The van der Waals surface area contributed by atoms with Crippen molar-refractivity contribution in [2.45, 2.75) is 33.1 Å². The van der Waals surface area contributed by atoms with Crippen LogP contribution in [0.5, 0.6) is 0 Å². The Hall–Kier alpha value is -0.610. The first-order chi connectivity index (χ1) is 6.48. The van der Waals surface area contributed by atoms with E-state index in [0.29, 0.717) is 12.5 Å². The van der Waals surface area contributed by atoms with Gasteiger partial charge in [-0.3, -0.25) is 4.79 Å². The number of morpholine rings is 1. The minimum atomic E-state index is -0.236. The van der Waals surface area contributed by atoms with Crippen molar-refractivity contribution in [3.05, 3.63) is 0 Å². The Morgan fingerprint density at radius 3 is 2.71 bits per heavy atom. The van der Waals surface area contributed by atoms with Gasteiger partial charge in [0, 0.05) is 5.92 Å². The summed E-state index contributed by atoms with van der Waals surface area (Å²) in [5.74, 6) is 0.272. The molecule has 0 aliphatic carbocycles. The zero-order valence-electron chi connectivity index (χ0n) is 8.87. The van der Waals surface area contributed by atoms with E-state index in [-0.39, 0.29) is 30.3 Å². The fourth-order valence-corrected chi connectivity index (χ4v) is 2.05. The van der Waals surface area contributed by atoms with Crippen molar-refractivity contribution in [3.8, 4) is 0 Å². The standard InChI is InChI=1S/C10H17NO3/c1-10(2,3)6-4-14-9-8(6)13-5-7(12)11-9/h6,8-9H,4-5H2,1-3H3,(H,11,12). The van der Waals surface area contributed by atoms with Crippen LogP contribution in [0.3, 0.4) is 0 Å². The lowest BCUT2D eigenvalue weighted by molar-refractivity contribution is -0.146. The molecule has 0 bridgehead atoms. The fourth-order valence-electron chi connectivity index (χ4n) is 2.05. The molecule has 0 aromatic heterocycles. The first-order valence-corrected chi connectivity index (χ1v) is 5.01. The van der Waals surface area contributed by atoms with Crippen molar-refractivity contribution in [2.75, 3.05) is 13.2 Å². The third-order valence-electron chi connectivity index (χ3n) is 2.97. The van der Waals surface area contributed by atoms with Crippen LogP contribution in [0.2, 0.25) is 0 Å². The van der Waals surface area contributed by atoms with Crippen molar-refractivity contribution in [3.63, 3.8) is 0 Å². The molecule has 0 radical (unpaired) electrons. The topological polar surface area (TPSA) is 47.6 Å². The molecule has 2 fully saturated rings. The van der Waals surface area contributed by atoms with E-state index in [1.165, 1.54) is 0 Å². The monoisotopic (exact) mass is 199 g/mol. The largest absolute Gasteiger partial charge is 0.363 e. The highest BCUT2D eigenvalue weighted by molar-refractivity contribution is 5.78. The maximum atomic E-state index is 11.0. The van der Waals surface area contributed by atoms with Crippen LogP contribution >= 0.6 is 0 Å². The number of carbonyl (C=O) groups is 1. The highest BCUT2D eigenvalue weighted by atomic mass is 16.6. The van der Waals surface area contributed by atoms with Crippen LogP contribution in [0.4, 0.5) is 0 Å². The third-order valence-corrected chi connectivity index (χ3v) is 2.97. The molecule has 2 heterocycles. The van der Waals surface area contributed by atoms with Crippen molar-refractivity contribution in [1.82, 2.24) is 5.32 Å². The van der Waals surface area contributed by atoms with E-state index < -0.39 is 0 Å². The number of ether oxygens (including phenoxy) is 2. The minimum absolute atomic E-state index is 0.0210. The third kappa shape index (κ3) is 1.64. The fraction of sp³-hybridized carbons (Fsp3) is 0.900. The molecule has 0 saturated carbocycles. The second-order valence-electron chi connectivity index (χ2n) is 5.07. The van der Waals surface area contributed by atoms with Gasteiger partial charge in [0.15, 0.2) is 6.23 Å². The van der Waals surface area contributed by atoms with Crippen molar-refractivity contribution in [2.24, 2.45) is 11.3 Å².